The van der Waals surface area contributed by atoms with Crippen LogP contribution in [-0.4, -0.2) is 15.0 Å². The number of hydrogen-bond donors (Lipinski definition) is 2. The number of aromatic amines is 1. The first-order chi connectivity index (χ1) is 8.74. The fourth-order valence-electron chi connectivity index (χ4n) is 1.81. The van der Waals surface area contributed by atoms with E-state index in [-0.39, 0.29) is 6.04 Å². The van der Waals surface area contributed by atoms with Crippen LogP contribution in [0.1, 0.15) is 17.6 Å². The Kier molecular flexibility index (Phi) is 2.89. The van der Waals surface area contributed by atoms with E-state index in [0.29, 0.717) is 12.3 Å². The Balaban J connectivity index is 1.92. The molecular formula is C12H11BrN4O. The van der Waals surface area contributed by atoms with Crippen molar-refractivity contribution in [2.45, 2.75) is 12.5 Å². The standard InChI is InChI=1S/C12H11BrN4O/c13-8-2-1-3-10-11(8)18-12(17-10)9(14)4-7-5-15-6-16-7/h1-3,5-6,9H,4,14H2,(H,15,16). The zero-order chi connectivity index (χ0) is 12.5. The maximum atomic E-state index is 6.08. The Hall–Kier alpha value is -1.66. The lowest BCUT2D eigenvalue weighted by Gasteiger charge is -2.04. The van der Waals surface area contributed by atoms with Crippen LogP contribution in [0.15, 0.2) is 39.6 Å². The van der Waals surface area contributed by atoms with Crippen molar-refractivity contribution in [1.82, 2.24) is 15.0 Å². The molecule has 5 nitrogen and oxygen atoms in total. The van der Waals surface area contributed by atoms with Gasteiger partial charge in [-0.2, -0.15) is 0 Å². The number of para-hydroxylation sites is 1. The van der Waals surface area contributed by atoms with E-state index in [1.807, 2.05) is 18.2 Å². The van der Waals surface area contributed by atoms with Gasteiger partial charge in [-0.3, -0.25) is 0 Å². The average molecular weight is 307 g/mol. The smallest absolute Gasteiger partial charge is 0.212 e. The lowest BCUT2D eigenvalue weighted by atomic mass is 10.2. The summed E-state index contributed by atoms with van der Waals surface area (Å²) in [5.41, 5.74) is 8.58. The van der Waals surface area contributed by atoms with Crippen molar-refractivity contribution in [3.8, 4) is 0 Å². The number of aromatic nitrogens is 3. The van der Waals surface area contributed by atoms with E-state index in [9.17, 15) is 0 Å². The van der Waals surface area contributed by atoms with Crippen LogP contribution in [0.5, 0.6) is 0 Å². The summed E-state index contributed by atoms with van der Waals surface area (Å²) >= 11 is 3.43. The van der Waals surface area contributed by atoms with E-state index in [1.54, 1.807) is 12.5 Å². The van der Waals surface area contributed by atoms with Crippen molar-refractivity contribution in [3.05, 3.63) is 46.8 Å². The molecule has 0 spiro atoms. The number of benzene rings is 1. The van der Waals surface area contributed by atoms with E-state index in [4.69, 9.17) is 10.2 Å². The van der Waals surface area contributed by atoms with Crippen LogP contribution in [0.3, 0.4) is 0 Å². The maximum Gasteiger partial charge on any atom is 0.212 e. The van der Waals surface area contributed by atoms with Crippen LogP contribution in [0, 0.1) is 0 Å². The summed E-state index contributed by atoms with van der Waals surface area (Å²) in [4.78, 5) is 11.4. The lowest BCUT2D eigenvalue weighted by Crippen LogP contribution is -2.13. The second-order valence-corrected chi connectivity index (χ2v) is 4.88. The topological polar surface area (TPSA) is 80.7 Å². The molecule has 0 bridgehead atoms. The van der Waals surface area contributed by atoms with Crippen LogP contribution in [-0.2, 0) is 6.42 Å². The SMILES string of the molecule is NC(Cc1cnc[nH]1)c1nc2cccc(Br)c2o1. The molecule has 6 heteroatoms. The zero-order valence-corrected chi connectivity index (χ0v) is 11.0. The molecule has 1 aromatic carbocycles. The number of H-pyrrole nitrogens is 1. The first kappa shape index (κ1) is 11.4. The summed E-state index contributed by atoms with van der Waals surface area (Å²) in [6.07, 6.45) is 3.99. The fraction of sp³-hybridized carbons (Fsp3) is 0.167. The van der Waals surface area contributed by atoms with Crippen molar-refractivity contribution >= 4 is 27.0 Å². The molecule has 3 aromatic rings. The summed E-state index contributed by atoms with van der Waals surface area (Å²) < 4.78 is 6.57. The Morgan fingerprint density at radius 1 is 1.44 bits per heavy atom. The van der Waals surface area contributed by atoms with Crippen molar-refractivity contribution in [2.24, 2.45) is 5.73 Å². The lowest BCUT2D eigenvalue weighted by molar-refractivity contribution is 0.471. The highest BCUT2D eigenvalue weighted by Gasteiger charge is 2.16. The minimum atomic E-state index is -0.287. The van der Waals surface area contributed by atoms with Crippen molar-refractivity contribution in [1.29, 1.82) is 0 Å². The van der Waals surface area contributed by atoms with Gasteiger partial charge in [0.05, 0.1) is 16.8 Å². The van der Waals surface area contributed by atoms with Crippen LogP contribution in [0.4, 0.5) is 0 Å². The van der Waals surface area contributed by atoms with Gasteiger partial charge in [-0.1, -0.05) is 6.07 Å². The summed E-state index contributed by atoms with van der Waals surface area (Å²) in [6, 6.07) is 5.44. The van der Waals surface area contributed by atoms with Crippen molar-refractivity contribution in [3.63, 3.8) is 0 Å². The summed E-state index contributed by atoms with van der Waals surface area (Å²) in [5.74, 6) is 0.534. The second kappa shape index (κ2) is 4.55. The number of nitrogens with two attached hydrogens (primary N) is 1. The van der Waals surface area contributed by atoms with E-state index in [2.05, 4.69) is 30.9 Å². The van der Waals surface area contributed by atoms with Gasteiger partial charge in [0.15, 0.2) is 5.58 Å². The largest absolute Gasteiger partial charge is 0.438 e. The van der Waals surface area contributed by atoms with Crippen molar-refractivity contribution in [2.75, 3.05) is 0 Å². The third kappa shape index (κ3) is 2.04. The van der Waals surface area contributed by atoms with Gasteiger partial charge < -0.3 is 15.1 Å². The Morgan fingerprint density at radius 2 is 2.33 bits per heavy atom. The van der Waals surface area contributed by atoms with Gasteiger partial charge in [0.2, 0.25) is 5.89 Å². The first-order valence-electron chi connectivity index (χ1n) is 5.52. The monoisotopic (exact) mass is 306 g/mol. The molecule has 1 atom stereocenters. The second-order valence-electron chi connectivity index (χ2n) is 4.03. The summed E-state index contributed by atoms with van der Waals surface area (Å²) in [7, 11) is 0. The number of fused-ring (bicyclic) bond motifs is 1. The molecule has 92 valence electrons. The highest BCUT2D eigenvalue weighted by molar-refractivity contribution is 9.10. The third-order valence-electron chi connectivity index (χ3n) is 2.70. The third-order valence-corrected chi connectivity index (χ3v) is 3.32. The van der Waals surface area contributed by atoms with Gasteiger partial charge in [0.25, 0.3) is 0 Å². The van der Waals surface area contributed by atoms with Gasteiger partial charge in [-0.05, 0) is 28.1 Å². The van der Waals surface area contributed by atoms with Crippen molar-refractivity contribution < 1.29 is 4.42 Å². The summed E-state index contributed by atoms with van der Waals surface area (Å²) in [5, 5.41) is 0. The minimum absolute atomic E-state index is 0.287. The van der Waals surface area contributed by atoms with E-state index in [0.717, 1.165) is 21.3 Å². The number of hydrogen-bond acceptors (Lipinski definition) is 4. The highest BCUT2D eigenvalue weighted by Crippen LogP contribution is 2.27. The quantitative estimate of drug-likeness (QED) is 0.779. The van der Waals surface area contributed by atoms with Gasteiger partial charge in [-0.15, -0.1) is 0 Å². The molecule has 0 fully saturated rings. The molecule has 2 heterocycles. The molecule has 0 saturated carbocycles. The molecule has 0 radical (unpaired) electrons. The molecule has 0 amide bonds. The summed E-state index contributed by atoms with van der Waals surface area (Å²) in [6.45, 7) is 0. The van der Waals surface area contributed by atoms with Crippen LogP contribution in [0.2, 0.25) is 0 Å². The first-order valence-corrected chi connectivity index (χ1v) is 6.31. The molecule has 0 aliphatic carbocycles. The number of imidazole rings is 1. The predicted molar refractivity (Wildman–Crippen MR) is 70.9 cm³/mol. The normalized spacial score (nSPS) is 13.0. The number of halogens is 1. The molecular weight excluding hydrogens is 296 g/mol. The Labute approximate surface area is 112 Å². The molecule has 2 aromatic heterocycles. The van der Waals surface area contributed by atoms with Gasteiger partial charge >= 0.3 is 0 Å². The van der Waals surface area contributed by atoms with Gasteiger partial charge in [0, 0.05) is 18.3 Å². The maximum absolute atomic E-state index is 6.08. The number of rotatable bonds is 3. The van der Waals surface area contributed by atoms with E-state index in [1.165, 1.54) is 0 Å². The molecule has 0 aliphatic rings. The molecule has 3 rings (SSSR count). The van der Waals surface area contributed by atoms with Crippen LogP contribution in [0.25, 0.3) is 11.1 Å². The fourth-order valence-corrected chi connectivity index (χ4v) is 2.25. The highest BCUT2D eigenvalue weighted by atomic mass is 79.9. The molecule has 0 saturated heterocycles. The van der Waals surface area contributed by atoms with Gasteiger partial charge in [0.1, 0.15) is 5.52 Å². The predicted octanol–water partition coefficient (Wildman–Crippen LogP) is 2.56. The average Bonchev–Trinajstić information content (AvgIpc) is 2.97. The molecule has 18 heavy (non-hydrogen) atoms. The van der Waals surface area contributed by atoms with E-state index < -0.39 is 0 Å². The van der Waals surface area contributed by atoms with E-state index >= 15 is 0 Å². The Bertz CT molecular complexity index is 662. The molecule has 1 unspecified atom stereocenters. The van der Waals surface area contributed by atoms with Gasteiger partial charge in [-0.25, -0.2) is 9.97 Å². The number of nitrogens with one attached hydrogen (secondary N) is 1. The zero-order valence-electron chi connectivity index (χ0n) is 9.43. The molecule has 0 aliphatic heterocycles. The van der Waals surface area contributed by atoms with Crippen LogP contribution < -0.4 is 5.73 Å². The number of oxazole rings is 1. The van der Waals surface area contributed by atoms with Crippen LogP contribution >= 0.6 is 15.9 Å². The minimum Gasteiger partial charge on any atom is -0.438 e. The Morgan fingerprint density at radius 3 is 3.06 bits per heavy atom. The molecule has 3 N–H and O–H groups in total. The number of nitrogens with zero attached hydrogens (tertiary/aromatic N) is 2.